The first-order valence-corrected chi connectivity index (χ1v) is 11.2. The van der Waals surface area contributed by atoms with Crippen molar-refractivity contribution in [3.63, 3.8) is 0 Å². The van der Waals surface area contributed by atoms with Crippen LogP contribution in [-0.2, 0) is 5.60 Å². The molecule has 32 heavy (non-hydrogen) atoms. The first kappa shape index (κ1) is 19.5. The summed E-state index contributed by atoms with van der Waals surface area (Å²) in [6.07, 6.45) is 2.95. The molecule has 4 aromatic rings. The number of carbonyl (C=O) groups is 1. The highest BCUT2D eigenvalue weighted by molar-refractivity contribution is 6.31. The van der Waals surface area contributed by atoms with Gasteiger partial charge in [0.2, 0.25) is 0 Å². The van der Waals surface area contributed by atoms with Crippen molar-refractivity contribution in [2.75, 3.05) is 0 Å². The van der Waals surface area contributed by atoms with Gasteiger partial charge in [-0.25, -0.2) is 0 Å². The van der Waals surface area contributed by atoms with Crippen LogP contribution in [0.1, 0.15) is 28.8 Å². The third kappa shape index (κ3) is 3.20. The Morgan fingerprint density at radius 2 is 1.78 bits per heavy atom. The Hall–Kier alpha value is -3.15. The second-order valence-electron chi connectivity index (χ2n) is 9.00. The van der Waals surface area contributed by atoms with Crippen LogP contribution in [0, 0.1) is 11.8 Å². The summed E-state index contributed by atoms with van der Waals surface area (Å²) in [6, 6.07) is 21.5. The van der Waals surface area contributed by atoms with Gasteiger partial charge in [-0.05, 0) is 65.6 Å². The highest BCUT2D eigenvalue weighted by Gasteiger charge is 2.62. The molecule has 2 aliphatic carbocycles. The quantitative estimate of drug-likeness (QED) is 0.419. The molecule has 160 valence electrons. The first-order valence-electron chi connectivity index (χ1n) is 10.8. The van der Waals surface area contributed by atoms with E-state index in [1.54, 1.807) is 6.20 Å². The minimum atomic E-state index is -0.948. The number of benzene rings is 3. The number of H-pyrrole nitrogens is 1. The molecule has 0 saturated heterocycles. The minimum absolute atomic E-state index is 0.0642. The molecule has 3 aromatic carbocycles. The summed E-state index contributed by atoms with van der Waals surface area (Å²) >= 11 is 6.28. The van der Waals surface area contributed by atoms with Crippen molar-refractivity contribution in [2.45, 2.75) is 24.5 Å². The van der Waals surface area contributed by atoms with Crippen LogP contribution in [0.2, 0.25) is 5.02 Å². The highest BCUT2D eigenvalue weighted by Crippen LogP contribution is 2.60. The summed E-state index contributed by atoms with van der Waals surface area (Å²) in [5, 5.41) is 23.1. The molecule has 4 atom stereocenters. The molecule has 2 saturated carbocycles. The van der Waals surface area contributed by atoms with E-state index < -0.39 is 5.60 Å². The fourth-order valence-electron chi connectivity index (χ4n) is 5.41. The van der Waals surface area contributed by atoms with Crippen molar-refractivity contribution in [1.29, 1.82) is 0 Å². The molecular formula is C26H22ClN3O2. The Bertz CT molecular complexity index is 1320. The van der Waals surface area contributed by atoms with Crippen LogP contribution in [0.25, 0.3) is 22.0 Å². The molecule has 0 radical (unpaired) electrons. The van der Waals surface area contributed by atoms with Gasteiger partial charge >= 0.3 is 0 Å². The molecule has 0 aliphatic heterocycles. The number of hydrogen-bond acceptors (Lipinski definition) is 3. The van der Waals surface area contributed by atoms with Gasteiger partial charge in [0.15, 0.2) is 0 Å². The average molecular weight is 444 g/mol. The topological polar surface area (TPSA) is 78.0 Å². The van der Waals surface area contributed by atoms with Crippen molar-refractivity contribution < 1.29 is 9.90 Å². The number of fused-ring (bicyclic) bond motifs is 2. The number of aromatic nitrogens is 2. The number of aromatic amines is 1. The van der Waals surface area contributed by atoms with E-state index in [9.17, 15) is 9.90 Å². The second kappa shape index (κ2) is 7.19. The number of nitrogens with one attached hydrogen (secondary N) is 2. The van der Waals surface area contributed by atoms with Crippen molar-refractivity contribution in [1.82, 2.24) is 15.5 Å². The van der Waals surface area contributed by atoms with E-state index in [4.69, 9.17) is 11.6 Å². The zero-order chi connectivity index (χ0) is 21.9. The summed E-state index contributed by atoms with van der Waals surface area (Å²) in [5.41, 5.74) is 3.46. The summed E-state index contributed by atoms with van der Waals surface area (Å²) < 4.78 is 0. The molecule has 0 unspecified atom stereocenters. The van der Waals surface area contributed by atoms with E-state index in [-0.39, 0.29) is 23.8 Å². The zero-order valence-electron chi connectivity index (χ0n) is 17.3. The van der Waals surface area contributed by atoms with Crippen molar-refractivity contribution in [3.8, 4) is 11.1 Å². The van der Waals surface area contributed by atoms with E-state index in [0.29, 0.717) is 23.4 Å². The lowest BCUT2D eigenvalue weighted by atomic mass is 9.86. The van der Waals surface area contributed by atoms with Gasteiger partial charge in [0.05, 0.1) is 17.3 Å². The predicted molar refractivity (Wildman–Crippen MR) is 124 cm³/mol. The molecule has 2 aliphatic rings. The zero-order valence-corrected chi connectivity index (χ0v) is 18.0. The molecule has 3 N–H and O–H groups in total. The maximum Gasteiger partial charge on any atom is 0.251 e. The largest absolute Gasteiger partial charge is 0.385 e. The van der Waals surface area contributed by atoms with E-state index in [1.165, 1.54) is 0 Å². The lowest BCUT2D eigenvalue weighted by Crippen LogP contribution is -2.33. The van der Waals surface area contributed by atoms with Crippen LogP contribution in [0.5, 0.6) is 0 Å². The van der Waals surface area contributed by atoms with Gasteiger partial charge in [0.1, 0.15) is 0 Å². The van der Waals surface area contributed by atoms with Gasteiger partial charge in [-0.3, -0.25) is 9.89 Å². The first-order chi connectivity index (χ1) is 15.5. The summed E-state index contributed by atoms with van der Waals surface area (Å²) in [7, 11) is 0. The molecular weight excluding hydrogens is 422 g/mol. The van der Waals surface area contributed by atoms with Crippen LogP contribution in [-0.4, -0.2) is 27.3 Å². The smallest absolute Gasteiger partial charge is 0.251 e. The SMILES string of the molecule is O=C(N[C@@H]1[C@@H]2C[C@@](O)(c3cc(Cl)cc4[nH]ncc34)C[C@@H]21)c1cccc(-c2ccccc2)c1. The summed E-state index contributed by atoms with van der Waals surface area (Å²) in [5.74, 6) is 0.468. The Morgan fingerprint density at radius 3 is 2.56 bits per heavy atom. The van der Waals surface area contributed by atoms with Crippen molar-refractivity contribution >= 4 is 28.4 Å². The van der Waals surface area contributed by atoms with E-state index in [1.807, 2.05) is 66.7 Å². The number of carbonyl (C=O) groups excluding carboxylic acids is 1. The Balaban J connectivity index is 1.17. The molecule has 1 heterocycles. The Morgan fingerprint density at radius 1 is 1.03 bits per heavy atom. The third-order valence-corrected chi connectivity index (χ3v) is 7.25. The number of rotatable bonds is 4. The average Bonchev–Trinajstić information content (AvgIpc) is 3.14. The number of halogens is 1. The Labute approximate surface area is 190 Å². The Kier molecular flexibility index (Phi) is 4.39. The number of aliphatic hydroxyl groups is 1. The minimum Gasteiger partial charge on any atom is -0.385 e. The molecule has 1 amide bonds. The van der Waals surface area contributed by atoms with Gasteiger partial charge in [-0.1, -0.05) is 54.1 Å². The van der Waals surface area contributed by atoms with Gasteiger partial charge in [0, 0.05) is 22.0 Å². The van der Waals surface area contributed by atoms with E-state index in [0.717, 1.165) is 27.6 Å². The number of nitrogens with zero attached hydrogens (tertiary/aromatic N) is 1. The molecule has 2 fully saturated rings. The van der Waals surface area contributed by atoms with Crippen LogP contribution < -0.4 is 5.32 Å². The van der Waals surface area contributed by atoms with Gasteiger partial charge < -0.3 is 10.4 Å². The molecule has 5 nitrogen and oxygen atoms in total. The van der Waals surface area contributed by atoms with E-state index in [2.05, 4.69) is 15.5 Å². The molecule has 0 bridgehead atoms. The van der Waals surface area contributed by atoms with Crippen LogP contribution in [0.3, 0.4) is 0 Å². The normalized spacial score (nSPS) is 26.1. The van der Waals surface area contributed by atoms with Crippen molar-refractivity contribution in [2.24, 2.45) is 11.8 Å². The molecule has 6 heteroatoms. The molecule has 0 spiro atoms. The highest BCUT2D eigenvalue weighted by atomic mass is 35.5. The van der Waals surface area contributed by atoms with Crippen molar-refractivity contribution in [3.05, 3.63) is 89.1 Å². The van der Waals surface area contributed by atoms with Gasteiger partial charge in [-0.15, -0.1) is 0 Å². The number of amides is 1. The third-order valence-electron chi connectivity index (χ3n) is 7.03. The van der Waals surface area contributed by atoms with Gasteiger partial charge in [0.25, 0.3) is 5.91 Å². The summed E-state index contributed by atoms with van der Waals surface area (Å²) in [4.78, 5) is 12.9. The molecule has 1 aromatic heterocycles. The fourth-order valence-corrected chi connectivity index (χ4v) is 5.62. The standard InChI is InChI=1S/C26H22ClN3O2/c27-18-10-22(21-14-28-30-23(21)11-18)26(32)12-19-20(13-26)24(19)29-25(31)17-8-4-7-16(9-17)15-5-2-1-3-6-15/h1-11,14,19-20,24,32H,12-13H2,(H,28,30)(H,29,31)/t19-,20+,24-,26+. The lowest BCUT2D eigenvalue weighted by molar-refractivity contribution is 0.0293. The predicted octanol–water partition coefficient (Wildman–Crippen LogP) is 4.91. The second-order valence-corrected chi connectivity index (χ2v) is 9.43. The lowest BCUT2D eigenvalue weighted by Gasteiger charge is -2.27. The van der Waals surface area contributed by atoms with Gasteiger partial charge in [-0.2, -0.15) is 5.10 Å². The maximum atomic E-state index is 12.9. The van der Waals surface area contributed by atoms with Crippen LogP contribution >= 0.6 is 11.6 Å². The van der Waals surface area contributed by atoms with Crippen LogP contribution in [0.4, 0.5) is 0 Å². The number of hydrogen-bond donors (Lipinski definition) is 3. The summed E-state index contributed by atoms with van der Waals surface area (Å²) in [6.45, 7) is 0. The maximum absolute atomic E-state index is 12.9. The van der Waals surface area contributed by atoms with E-state index >= 15 is 0 Å². The monoisotopic (exact) mass is 443 g/mol. The van der Waals surface area contributed by atoms with Crippen LogP contribution in [0.15, 0.2) is 72.9 Å². The molecule has 6 rings (SSSR count). The fraction of sp³-hybridized carbons (Fsp3) is 0.231.